The van der Waals surface area contributed by atoms with Crippen LogP contribution in [0.4, 0.5) is 0 Å². The van der Waals surface area contributed by atoms with Gasteiger partial charge in [0, 0.05) is 16.3 Å². The third kappa shape index (κ3) is 3.37. The molecular formula is C26H19N3O3. The molecule has 0 saturated heterocycles. The molecule has 5 aromatic rings. The van der Waals surface area contributed by atoms with Crippen molar-refractivity contribution in [1.29, 1.82) is 0 Å². The average Bonchev–Trinajstić information content (AvgIpc) is 2.83. The Labute approximate surface area is 183 Å². The molecule has 0 bridgehead atoms. The standard InChI is InChI=1S/C26H19N3O3/c30-24-14-13-17-7-1-2-8-18(17)21(24)15-27-28-25(31)16-29-22-11-5-3-9-19(22)26(32)20-10-4-6-12-23(20)29/h1-15,30H,16H2,(H,28,31). The molecular weight excluding hydrogens is 402 g/mol. The first-order chi connectivity index (χ1) is 15.6. The summed E-state index contributed by atoms with van der Waals surface area (Å²) in [5.41, 5.74) is 4.37. The van der Waals surface area contributed by atoms with E-state index >= 15 is 0 Å². The maximum Gasteiger partial charge on any atom is 0.260 e. The second-order valence-corrected chi connectivity index (χ2v) is 7.46. The summed E-state index contributed by atoms with van der Waals surface area (Å²) in [6, 6.07) is 25.5. The Bertz CT molecular complexity index is 1520. The Morgan fingerprint density at radius 2 is 1.44 bits per heavy atom. The van der Waals surface area contributed by atoms with E-state index in [1.807, 2.05) is 71.3 Å². The zero-order valence-corrected chi connectivity index (χ0v) is 17.0. The van der Waals surface area contributed by atoms with E-state index in [1.54, 1.807) is 18.2 Å². The number of pyridine rings is 1. The molecule has 1 heterocycles. The average molecular weight is 421 g/mol. The molecule has 2 N–H and O–H groups in total. The summed E-state index contributed by atoms with van der Waals surface area (Å²) < 4.78 is 1.81. The third-order valence-corrected chi connectivity index (χ3v) is 5.51. The number of hydrogen-bond acceptors (Lipinski definition) is 4. The summed E-state index contributed by atoms with van der Waals surface area (Å²) in [6.45, 7) is -0.0137. The van der Waals surface area contributed by atoms with E-state index in [1.165, 1.54) is 6.21 Å². The van der Waals surface area contributed by atoms with E-state index in [2.05, 4.69) is 10.5 Å². The van der Waals surface area contributed by atoms with Gasteiger partial charge < -0.3 is 9.67 Å². The molecule has 1 aromatic heterocycles. The minimum absolute atomic E-state index is 0.0137. The second kappa shape index (κ2) is 8.00. The molecule has 0 spiro atoms. The van der Waals surface area contributed by atoms with Crippen molar-refractivity contribution in [2.45, 2.75) is 6.54 Å². The SMILES string of the molecule is O=C(Cn1c2ccccc2c(=O)c2ccccc21)NN=Cc1c(O)ccc2ccccc12. The van der Waals surface area contributed by atoms with Crippen molar-refractivity contribution in [2.24, 2.45) is 5.10 Å². The number of hydrogen-bond donors (Lipinski definition) is 2. The van der Waals surface area contributed by atoms with Crippen LogP contribution in [0.15, 0.2) is 94.8 Å². The number of phenols is 1. The predicted octanol–water partition coefficient (Wildman–Crippen LogP) is 4.16. The van der Waals surface area contributed by atoms with Gasteiger partial charge in [0.05, 0.1) is 17.2 Å². The van der Waals surface area contributed by atoms with Gasteiger partial charge in [0.1, 0.15) is 12.3 Å². The molecule has 0 unspecified atom stereocenters. The Hall–Kier alpha value is -4.45. The van der Waals surface area contributed by atoms with Gasteiger partial charge in [-0.2, -0.15) is 5.10 Å². The minimum Gasteiger partial charge on any atom is -0.507 e. The van der Waals surface area contributed by atoms with Gasteiger partial charge in [-0.3, -0.25) is 9.59 Å². The van der Waals surface area contributed by atoms with Crippen LogP contribution in [-0.4, -0.2) is 21.8 Å². The van der Waals surface area contributed by atoms with E-state index < -0.39 is 0 Å². The van der Waals surface area contributed by atoms with Gasteiger partial charge in [0.15, 0.2) is 5.43 Å². The Balaban J connectivity index is 1.47. The molecule has 0 aliphatic heterocycles. The lowest BCUT2D eigenvalue weighted by atomic mass is 10.0. The van der Waals surface area contributed by atoms with Crippen molar-refractivity contribution in [3.63, 3.8) is 0 Å². The summed E-state index contributed by atoms with van der Waals surface area (Å²) in [7, 11) is 0. The van der Waals surface area contributed by atoms with Crippen LogP contribution in [0, 0.1) is 0 Å². The molecule has 0 aliphatic carbocycles. The quantitative estimate of drug-likeness (QED) is 0.260. The van der Waals surface area contributed by atoms with Crippen LogP contribution in [-0.2, 0) is 11.3 Å². The van der Waals surface area contributed by atoms with Crippen molar-refractivity contribution in [3.8, 4) is 5.75 Å². The van der Waals surface area contributed by atoms with Gasteiger partial charge in [-0.1, -0.05) is 54.6 Å². The number of hydrazone groups is 1. The van der Waals surface area contributed by atoms with Gasteiger partial charge in [0.25, 0.3) is 5.91 Å². The molecule has 0 aliphatic rings. The zero-order chi connectivity index (χ0) is 22.1. The molecule has 4 aromatic carbocycles. The maximum atomic E-state index is 12.8. The minimum atomic E-state index is -0.347. The zero-order valence-electron chi connectivity index (χ0n) is 17.0. The van der Waals surface area contributed by atoms with Gasteiger partial charge in [-0.15, -0.1) is 0 Å². The monoisotopic (exact) mass is 421 g/mol. The molecule has 6 nitrogen and oxygen atoms in total. The Kier molecular flexibility index (Phi) is 4.88. The highest BCUT2D eigenvalue weighted by Gasteiger charge is 2.12. The number of nitrogens with zero attached hydrogens (tertiary/aromatic N) is 2. The lowest BCUT2D eigenvalue weighted by Gasteiger charge is -2.14. The van der Waals surface area contributed by atoms with Gasteiger partial charge in [0.2, 0.25) is 0 Å². The molecule has 156 valence electrons. The van der Waals surface area contributed by atoms with Crippen molar-refractivity contribution in [3.05, 3.63) is 101 Å². The number of carbonyl (C=O) groups is 1. The second-order valence-electron chi connectivity index (χ2n) is 7.46. The van der Waals surface area contributed by atoms with E-state index in [9.17, 15) is 14.7 Å². The topological polar surface area (TPSA) is 83.7 Å². The number of carbonyl (C=O) groups excluding carboxylic acids is 1. The van der Waals surface area contributed by atoms with Crippen molar-refractivity contribution < 1.29 is 9.90 Å². The van der Waals surface area contributed by atoms with Crippen LogP contribution in [0.25, 0.3) is 32.6 Å². The Morgan fingerprint density at radius 3 is 2.12 bits per heavy atom. The summed E-state index contributed by atoms with van der Waals surface area (Å²) in [5, 5.41) is 17.2. The summed E-state index contributed by atoms with van der Waals surface area (Å²) in [6.07, 6.45) is 1.44. The fourth-order valence-corrected chi connectivity index (χ4v) is 4.01. The first-order valence-corrected chi connectivity index (χ1v) is 10.2. The van der Waals surface area contributed by atoms with E-state index in [-0.39, 0.29) is 23.6 Å². The lowest BCUT2D eigenvalue weighted by Crippen LogP contribution is -2.25. The van der Waals surface area contributed by atoms with Crippen molar-refractivity contribution in [2.75, 3.05) is 0 Å². The maximum absolute atomic E-state index is 12.8. The highest BCUT2D eigenvalue weighted by molar-refractivity contribution is 6.02. The fraction of sp³-hybridized carbons (Fsp3) is 0.0385. The van der Waals surface area contributed by atoms with E-state index in [4.69, 9.17) is 0 Å². The highest BCUT2D eigenvalue weighted by Crippen LogP contribution is 2.25. The number of para-hydroxylation sites is 2. The van der Waals surface area contributed by atoms with Gasteiger partial charge >= 0.3 is 0 Å². The van der Waals surface area contributed by atoms with Crippen LogP contribution in [0.2, 0.25) is 0 Å². The number of benzene rings is 4. The van der Waals surface area contributed by atoms with Crippen LogP contribution < -0.4 is 10.9 Å². The number of phenolic OH excluding ortho intramolecular Hbond substituents is 1. The van der Waals surface area contributed by atoms with Crippen molar-refractivity contribution >= 4 is 44.7 Å². The van der Waals surface area contributed by atoms with E-state index in [0.29, 0.717) is 27.4 Å². The van der Waals surface area contributed by atoms with Crippen LogP contribution in [0.5, 0.6) is 5.75 Å². The first-order valence-electron chi connectivity index (χ1n) is 10.2. The lowest BCUT2D eigenvalue weighted by molar-refractivity contribution is -0.121. The summed E-state index contributed by atoms with van der Waals surface area (Å²) in [5.74, 6) is -0.265. The summed E-state index contributed by atoms with van der Waals surface area (Å²) in [4.78, 5) is 25.6. The van der Waals surface area contributed by atoms with Gasteiger partial charge in [-0.05, 0) is 41.1 Å². The van der Waals surface area contributed by atoms with Crippen LogP contribution >= 0.6 is 0 Å². The number of fused-ring (bicyclic) bond motifs is 3. The van der Waals surface area contributed by atoms with Crippen LogP contribution in [0.1, 0.15) is 5.56 Å². The van der Waals surface area contributed by atoms with E-state index in [0.717, 1.165) is 10.8 Å². The highest BCUT2D eigenvalue weighted by atomic mass is 16.3. The molecule has 0 atom stereocenters. The number of amides is 1. The smallest absolute Gasteiger partial charge is 0.260 e. The number of nitrogens with one attached hydrogen (secondary N) is 1. The molecule has 32 heavy (non-hydrogen) atoms. The molecule has 0 saturated carbocycles. The fourth-order valence-electron chi connectivity index (χ4n) is 4.01. The van der Waals surface area contributed by atoms with Gasteiger partial charge in [-0.25, -0.2) is 5.43 Å². The summed E-state index contributed by atoms with van der Waals surface area (Å²) >= 11 is 0. The number of rotatable bonds is 4. The Morgan fingerprint density at radius 1 is 0.844 bits per heavy atom. The third-order valence-electron chi connectivity index (χ3n) is 5.51. The molecule has 0 fully saturated rings. The molecule has 5 rings (SSSR count). The van der Waals surface area contributed by atoms with Crippen LogP contribution in [0.3, 0.4) is 0 Å². The number of aromatic hydroxyl groups is 1. The molecule has 6 heteroatoms. The molecule has 1 amide bonds. The van der Waals surface area contributed by atoms with Crippen molar-refractivity contribution in [1.82, 2.24) is 9.99 Å². The number of aromatic nitrogens is 1. The normalized spacial score (nSPS) is 11.5. The largest absolute Gasteiger partial charge is 0.507 e. The molecule has 0 radical (unpaired) electrons. The first kappa shape index (κ1) is 19.5. The predicted molar refractivity (Wildman–Crippen MR) is 127 cm³/mol.